The average Bonchev–Trinajstić information content (AvgIpc) is 2.63. The van der Waals surface area contributed by atoms with Crippen molar-refractivity contribution >= 4 is 17.8 Å². The molecule has 0 saturated heterocycles. The van der Waals surface area contributed by atoms with Crippen molar-refractivity contribution in [3.63, 3.8) is 0 Å². The van der Waals surface area contributed by atoms with E-state index in [1.54, 1.807) is 11.9 Å². The Morgan fingerprint density at radius 2 is 1.53 bits per heavy atom. The Labute approximate surface area is 182 Å². The van der Waals surface area contributed by atoms with Crippen LogP contribution >= 0.6 is 0 Å². The smallest absolute Gasteiger partial charge is 0.306 e. The van der Waals surface area contributed by atoms with Gasteiger partial charge in [-0.3, -0.25) is 19.3 Å². The summed E-state index contributed by atoms with van der Waals surface area (Å²) in [6.07, 6.45) is -0.0749. The maximum Gasteiger partial charge on any atom is 0.306 e. The lowest BCUT2D eigenvalue weighted by atomic mass is 9.90. The minimum absolute atomic E-state index is 0.0250. The first kappa shape index (κ1) is 28.3. The Hall–Kier alpha value is -1.67. The minimum Gasteiger partial charge on any atom is -0.481 e. The van der Waals surface area contributed by atoms with Crippen LogP contribution in [0.1, 0.15) is 54.4 Å². The van der Waals surface area contributed by atoms with E-state index >= 15 is 0 Å². The third-order valence-corrected chi connectivity index (χ3v) is 5.77. The largest absolute Gasteiger partial charge is 0.481 e. The fourth-order valence-electron chi connectivity index (χ4n) is 4.01. The number of carboxylic acid groups (broad SMARTS) is 1. The number of nitrogens with zero attached hydrogens (tertiary/aromatic N) is 2. The molecular weight excluding hydrogens is 386 g/mol. The monoisotopic (exact) mass is 429 g/mol. The first-order chi connectivity index (χ1) is 13.8. The van der Waals surface area contributed by atoms with Gasteiger partial charge in [0, 0.05) is 14.2 Å². The number of rotatable bonds is 13. The summed E-state index contributed by atoms with van der Waals surface area (Å²) in [4.78, 5) is 41.1. The molecule has 0 aliphatic rings. The predicted molar refractivity (Wildman–Crippen MR) is 118 cm³/mol. The molecule has 0 aromatic rings. The molecule has 5 atom stereocenters. The number of hydrogen-bond donors (Lipinski definition) is 2. The normalized spacial score (nSPS) is 16.8. The lowest BCUT2D eigenvalue weighted by Crippen LogP contribution is -2.59. The first-order valence-electron chi connectivity index (χ1n) is 10.8. The van der Waals surface area contributed by atoms with Gasteiger partial charge in [-0.05, 0) is 31.8 Å². The van der Waals surface area contributed by atoms with E-state index in [0.717, 1.165) is 6.42 Å². The van der Waals surface area contributed by atoms with Crippen LogP contribution in [0.4, 0.5) is 0 Å². The highest BCUT2D eigenvalue weighted by Gasteiger charge is 2.38. The van der Waals surface area contributed by atoms with Crippen LogP contribution in [-0.4, -0.2) is 85.2 Å². The van der Waals surface area contributed by atoms with E-state index in [1.807, 2.05) is 60.5 Å². The maximum absolute atomic E-state index is 13.4. The number of methoxy groups -OCH3 is 1. The van der Waals surface area contributed by atoms with Gasteiger partial charge in [0.05, 0.1) is 24.6 Å². The number of carbonyl (C=O) groups is 3. The summed E-state index contributed by atoms with van der Waals surface area (Å²) < 4.78 is 5.47. The second-order valence-electron chi connectivity index (χ2n) is 9.08. The number of amides is 2. The van der Waals surface area contributed by atoms with Crippen molar-refractivity contribution in [2.75, 3.05) is 28.3 Å². The molecule has 176 valence electrons. The van der Waals surface area contributed by atoms with Gasteiger partial charge in [-0.25, -0.2) is 0 Å². The van der Waals surface area contributed by atoms with E-state index < -0.39 is 24.2 Å². The minimum atomic E-state index is -0.976. The van der Waals surface area contributed by atoms with Crippen molar-refractivity contribution in [3.05, 3.63) is 0 Å². The predicted octanol–water partition coefficient (Wildman–Crippen LogP) is 2.08. The Balaban J connectivity index is 5.80. The fourth-order valence-corrected chi connectivity index (χ4v) is 4.01. The summed E-state index contributed by atoms with van der Waals surface area (Å²) in [5.74, 6) is -1.42. The number of carbonyl (C=O) groups excluding carboxylic acids is 2. The van der Waals surface area contributed by atoms with Crippen LogP contribution in [0.3, 0.4) is 0 Å². The van der Waals surface area contributed by atoms with Crippen molar-refractivity contribution in [2.24, 2.45) is 17.8 Å². The van der Waals surface area contributed by atoms with Crippen LogP contribution < -0.4 is 5.32 Å². The van der Waals surface area contributed by atoms with Crippen LogP contribution in [0, 0.1) is 17.8 Å². The third kappa shape index (κ3) is 7.87. The Morgan fingerprint density at radius 3 is 1.87 bits per heavy atom. The number of likely N-dealkylation sites (N-methyl/N-ethyl adjacent to an activating group) is 2. The quantitative estimate of drug-likeness (QED) is 0.465. The van der Waals surface area contributed by atoms with Crippen LogP contribution in [-0.2, 0) is 19.1 Å². The molecule has 8 heteroatoms. The molecule has 4 unspecified atom stereocenters. The zero-order valence-corrected chi connectivity index (χ0v) is 20.4. The molecular formula is C22H43N3O5. The topological polar surface area (TPSA) is 99.2 Å². The molecule has 8 nitrogen and oxygen atoms in total. The number of ether oxygens (including phenoxy) is 1. The second-order valence-corrected chi connectivity index (χ2v) is 9.08. The Morgan fingerprint density at radius 1 is 1.00 bits per heavy atom. The zero-order chi connectivity index (χ0) is 23.8. The van der Waals surface area contributed by atoms with Gasteiger partial charge in [0.25, 0.3) is 0 Å². The van der Waals surface area contributed by atoms with Gasteiger partial charge in [-0.1, -0.05) is 48.0 Å². The molecule has 0 heterocycles. The van der Waals surface area contributed by atoms with Gasteiger partial charge >= 0.3 is 5.97 Å². The molecule has 0 rings (SSSR count). The lowest BCUT2D eigenvalue weighted by Gasteiger charge is -2.40. The average molecular weight is 430 g/mol. The summed E-state index contributed by atoms with van der Waals surface area (Å²) >= 11 is 0. The van der Waals surface area contributed by atoms with Gasteiger partial charge in [0.15, 0.2) is 0 Å². The van der Waals surface area contributed by atoms with Gasteiger partial charge in [0.2, 0.25) is 11.8 Å². The maximum atomic E-state index is 13.4. The van der Waals surface area contributed by atoms with Crippen LogP contribution in [0.25, 0.3) is 0 Å². The highest BCUT2D eigenvalue weighted by atomic mass is 16.5. The molecule has 0 aromatic carbocycles. The van der Waals surface area contributed by atoms with Gasteiger partial charge in [0.1, 0.15) is 6.04 Å². The highest BCUT2D eigenvalue weighted by Crippen LogP contribution is 2.23. The highest BCUT2D eigenvalue weighted by molar-refractivity contribution is 5.90. The van der Waals surface area contributed by atoms with Crippen LogP contribution in [0.5, 0.6) is 0 Å². The summed E-state index contributed by atoms with van der Waals surface area (Å²) in [6.45, 7) is 11.7. The molecule has 2 amide bonds. The lowest BCUT2D eigenvalue weighted by molar-refractivity contribution is -0.148. The summed E-state index contributed by atoms with van der Waals surface area (Å²) in [5.41, 5.74) is 0. The summed E-state index contributed by atoms with van der Waals surface area (Å²) in [6, 6.07) is -1.48. The van der Waals surface area contributed by atoms with Crippen molar-refractivity contribution in [3.8, 4) is 0 Å². The van der Waals surface area contributed by atoms with E-state index in [9.17, 15) is 19.5 Å². The van der Waals surface area contributed by atoms with Crippen molar-refractivity contribution in [1.29, 1.82) is 0 Å². The van der Waals surface area contributed by atoms with Gasteiger partial charge in [-0.15, -0.1) is 0 Å². The molecule has 0 aliphatic heterocycles. The van der Waals surface area contributed by atoms with E-state index in [2.05, 4.69) is 5.32 Å². The van der Waals surface area contributed by atoms with Crippen molar-refractivity contribution in [2.45, 2.75) is 78.6 Å². The molecule has 0 bridgehead atoms. The molecule has 0 spiro atoms. The molecule has 0 saturated carbocycles. The molecule has 0 radical (unpaired) electrons. The van der Waals surface area contributed by atoms with E-state index in [4.69, 9.17) is 4.74 Å². The standard InChI is InChI=1S/C22H43N3O5/c1-11-15(6)20(16(30-10)12-17(26)27)25(9)22(29)18(13(2)3)23-21(28)19(14(4)5)24(7)8/h13-16,18-20H,11-12H2,1-10H3,(H,23,28)(H,26,27)/t15-,16?,18?,19?,20?/m0/s1. The van der Waals surface area contributed by atoms with Crippen LogP contribution in [0.15, 0.2) is 0 Å². The van der Waals surface area contributed by atoms with E-state index in [0.29, 0.717) is 0 Å². The number of hydrogen-bond acceptors (Lipinski definition) is 5. The SMILES string of the molecule is CC[C@H](C)C(C(CC(=O)O)OC)N(C)C(=O)C(NC(=O)C(C(C)C)N(C)C)C(C)C. The number of carboxylic acids is 1. The second kappa shape index (κ2) is 12.9. The molecule has 0 aliphatic carbocycles. The first-order valence-corrected chi connectivity index (χ1v) is 10.8. The molecule has 30 heavy (non-hydrogen) atoms. The van der Waals surface area contributed by atoms with Gasteiger partial charge < -0.3 is 20.1 Å². The fraction of sp³-hybridized carbons (Fsp3) is 0.864. The van der Waals surface area contributed by atoms with Crippen molar-refractivity contribution in [1.82, 2.24) is 15.1 Å². The zero-order valence-electron chi connectivity index (χ0n) is 20.4. The molecule has 2 N–H and O–H groups in total. The number of nitrogens with one attached hydrogen (secondary N) is 1. The van der Waals surface area contributed by atoms with Crippen molar-refractivity contribution < 1.29 is 24.2 Å². The Bertz CT molecular complexity index is 557. The third-order valence-electron chi connectivity index (χ3n) is 5.77. The molecule has 0 fully saturated rings. The number of aliphatic carboxylic acids is 1. The van der Waals surface area contributed by atoms with Gasteiger partial charge in [-0.2, -0.15) is 0 Å². The van der Waals surface area contributed by atoms with Crippen LogP contribution in [0.2, 0.25) is 0 Å². The van der Waals surface area contributed by atoms with E-state index in [-0.39, 0.29) is 42.0 Å². The summed E-state index contributed by atoms with van der Waals surface area (Å²) in [5, 5.41) is 12.2. The van der Waals surface area contributed by atoms with E-state index in [1.165, 1.54) is 7.11 Å². The summed E-state index contributed by atoms with van der Waals surface area (Å²) in [7, 11) is 6.82. The molecule has 0 aromatic heterocycles. The Kier molecular flexibility index (Phi) is 12.2.